The van der Waals surface area contributed by atoms with Crippen molar-refractivity contribution in [3.63, 3.8) is 0 Å². The van der Waals surface area contributed by atoms with Gasteiger partial charge in [0.05, 0.1) is 17.3 Å². The van der Waals surface area contributed by atoms with Gasteiger partial charge in [-0.05, 0) is 25.2 Å². The first kappa shape index (κ1) is 12.1. The van der Waals surface area contributed by atoms with Crippen LogP contribution in [0.25, 0.3) is 10.9 Å². The highest BCUT2D eigenvalue weighted by Gasteiger charge is 2.27. The number of rotatable bonds is 3. The normalized spacial score (nSPS) is 23.9. The Hall–Kier alpha value is -1.00. The monoisotopic (exact) mass is 262 g/mol. The lowest BCUT2D eigenvalue weighted by atomic mass is 9.98. The van der Waals surface area contributed by atoms with Gasteiger partial charge in [-0.1, -0.05) is 18.2 Å². The number of aliphatic hydroxyl groups excluding tert-OH is 1. The summed E-state index contributed by atoms with van der Waals surface area (Å²) in [5, 5.41) is 15.9. The number of hydrogen-bond acceptors (Lipinski definition) is 3. The summed E-state index contributed by atoms with van der Waals surface area (Å²) in [5.41, 5.74) is 2.34. The molecule has 2 aromatic rings. The molecule has 0 amide bonds. The number of aliphatic hydroxyl groups is 1. The second-order valence-electron chi connectivity index (χ2n) is 4.85. The predicted octanol–water partition coefficient (Wildman–Crippen LogP) is 2.32. The first-order valence-electron chi connectivity index (χ1n) is 6.50. The molecule has 96 valence electrons. The van der Waals surface area contributed by atoms with Gasteiger partial charge in [0.1, 0.15) is 0 Å². The summed E-state index contributed by atoms with van der Waals surface area (Å²) >= 11 is 1.84. The largest absolute Gasteiger partial charge is 0.392 e. The summed E-state index contributed by atoms with van der Waals surface area (Å²) in [6.07, 6.45) is 0.724. The molecular formula is C14H18N2OS. The van der Waals surface area contributed by atoms with Gasteiger partial charge >= 0.3 is 0 Å². The summed E-state index contributed by atoms with van der Waals surface area (Å²) in [7, 11) is 0. The molecule has 0 saturated carbocycles. The number of aromatic nitrogens is 2. The fraction of sp³-hybridized carbons (Fsp3) is 0.500. The second kappa shape index (κ2) is 4.94. The van der Waals surface area contributed by atoms with Gasteiger partial charge in [-0.3, -0.25) is 4.68 Å². The third-order valence-electron chi connectivity index (χ3n) is 3.65. The van der Waals surface area contributed by atoms with Crippen LogP contribution >= 0.6 is 11.8 Å². The maximum absolute atomic E-state index is 9.93. The van der Waals surface area contributed by atoms with Crippen LogP contribution in [0.3, 0.4) is 0 Å². The third kappa shape index (κ3) is 2.04. The number of aryl methyl sites for hydroxylation is 1. The van der Waals surface area contributed by atoms with Crippen molar-refractivity contribution in [2.75, 3.05) is 11.5 Å². The van der Waals surface area contributed by atoms with Gasteiger partial charge in [0.25, 0.3) is 0 Å². The highest BCUT2D eigenvalue weighted by Crippen LogP contribution is 2.29. The van der Waals surface area contributed by atoms with Crippen molar-refractivity contribution in [2.24, 2.45) is 5.92 Å². The Kier molecular flexibility index (Phi) is 3.31. The molecule has 1 N–H and O–H groups in total. The van der Waals surface area contributed by atoms with Crippen molar-refractivity contribution in [1.29, 1.82) is 0 Å². The van der Waals surface area contributed by atoms with Crippen molar-refractivity contribution in [3.05, 3.63) is 30.0 Å². The Labute approximate surface area is 111 Å². The van der Waals surface area contributed by atoms with E-state index in [0.29, 0.717) is 5.92 Å². The van der Waals surface area contributed by atoms with E-state index in [-0.39, 0.29) is 6.10 Å². The lowest BCUT2D eigenvalue weighted by molar-refractivity contribution is 0.149. The van der Waals surface area contributed by atoms with Crippen LogP contribution in [0.5, 0.6) is 0 Å². The van der Waals surface area contributed by atoms with Crippen LogP contribution in [0.2, 0.25) is 0 Å². The number of thioether (sulfide) groups is 1. The van der Waals surface area contributed by atoms with E-state index in [9.17, 15) is 5.11 Å². The summed E-state index contributed by atoms with van der Waals surface area (Å²) in [4.78, 5) is 0. The molecule has 0 bridgehead atoms. The zero-order valence-electron chi connectivity index (χ0n) is 10.5. The quantitative estimate of drug-likeness (QED) is 0.922. The van der Waals surface area contributed by atoms with Crippen molar-refractivity contribution in [3.8, 4) is 0 Å². The summed E-state index contributed by atoms with van der Waals surface area (Å²) in [6, 6.07) is 8.38. The zero-order valence-corrected chi connectivity index (χ0v) is 11.4. The van der Waals surface area contributed by atoms with Gasteiger partial charge in [0.15, 0.2) is 0 Å². The Morgan fingerprint density at radius 3 is 2.94 bits per heavy atom. The minimum absolute atomic E-state index is 0.166. The topological polar surface area (TPSA) is 38.0 Å². The summed E-state index contributed by atoms with van der Waals surface area (Å²) in [5.74, 6) is 2.28. The molecule has 1 aliphatic rings. The maximum Gasteiger partial charge on any atom is 0.0707 e. The molecule has 2 heterocycles. The van der Waals surface area contributed by atoms with Gasteiger partial charge in [0, 0.05) is 23.6 Å². The number of fused-ring (bicyclic) bond motifs is 1. The predicted molar refractivity (Wildman–Crippen MR) is 75.9 cm³/mol. The standard InChI is InChI=1S/C14H18N2OS/c1-2-16-13-6-4-3-5-11(13)12(15-16)7-10-8-18-9-14(10)17/h3-6,10,14,17H,2,7-9H2,1H3. The molecule has 2 atom stereocenters. The van der Waals surface area contributed by atoms with Crippen molar-refractivity contribution < 1.29 is 5.11 Å². The molecule has 3 rings (SSSR count). The van der Waals surface area contributed by atoms with E-state index in [4.69, 9.17) is 5.10 Å². The van der Waals surface area contributed by atoms with Crippen LogP contribution in [0.15, 0.2) is 24.3 Å². The Morgan fingerprint density at radius 2 is 2.22 bits per heavy atom. The van der Waals surface area contributed by atoms with Crippen LogP contribution in [-0.4, -0.2) is 32.5 Å². The first-order valence-corrected chi connectivity index (χ1v) is 7.65. The molecule has 18 heavy (non-hydrogen) atoms. The molecule has 4 heteroatoms. The average molecular weight is 262 g/mol. The van der Waals surface area contributed by atoms with Gasteiger partial charge in [-0.2, -0.15) is 16.9 Å². The lowest BCUT2D eigenvalue weighted by Gasteiger charge is -2.11. The zero-order chi connectivity index (χ0) is 12.5. The smallest absolute Gasteiger partial charge is 0.0707 e. The lowest BCUT2D eigenvalue weighted by Crippen LogP contribution is -2.20. The molecule has 1 aromatic heterocycles. The van der Waals surface area contributed by atoms with E-state index < -0.39 is 0 Å². The minimum Gasteiger partial charge on any atom is -0.392 e. The Morgan fingerprint density at radius 1 is 1.39 bits per heavy atom. The molecule has 0 radical (unpaired) electrons. The molecule has 1 aromatic carbocycles. The van der Waals surface area contributed by atoms with Crippen molar-refractivity contribution in [2.45, 2.75) is 26.0 Å². The number of nitrogens with zero attached hydrogens (tertiary/aromatic N) is 2. The van der Waals surface area contributed by atoms with Crippen molar-refractivity contribution >= 4 is 22.7 Å². The van der Waals surface area contributed by atoms with Crippen LogP contribution in [0.1, 0.15) is 12.6 Å². The molecule has 1 fully saturated rings. The van der Waals surface area contributed by atoms with Crippen LogP contribution in [0, 0.1) is 5.92 Å². The number of benzene rings is 1. The molecule has 2 unspecified atom stereocenters. The Balaban J connectivity index is 1.96. The fourth-order valence-corrected chi connectivity index (χ4v) is 3.91. The van der Waals surface area contributed by atoms with E-state index in [1.54, 1.807) is 0 Å². The maximum atomic E-state index is 9.93. The summed E-state index contributed by atoms with van der Waals surface area (Å²) in [6.45, 7) is 3.01. The van der Waals surface area contributed by atoms with Crippen LogP contribution in [0.4, 0.5) is 0 Å². The molecule has 1 saturated heterocycles. The fourth-order valence-electron chi connectivity index (χ4n) is 2.62. The SMILES string of the molecule is CCn1nc(CC2CSCC2O)c2ccccc21. The van der Waals surface area contributed by atoms with Crippen molar-refractivity contribution in [1.82, 2.24) is 9.78 Å². The minimum atomic E-state index is -0.166. The van der Waals surface area contributed by atoms with E-state index in [1.807, 2.05) is 11.8 Å². The van der Waals surface area contributed by atoms with Crippen LogP contribution < -0.4 is 0 Å². The Bertz CT molecular complexity index is 552. The molecule has 1 aliphatic heterocycles. The average Bonchev–Trinajstić information content (AvgIpc) is 2.95. The van der Waals surface area contributed by atoms with E-state index in [2.05, 4.69) is 35.9 Å². The summed E-state index contributed by atoms with van der Waals surface area (Å²) < 4.78 is 2.05. The first-order chi connectivity index (χ1) is 8.79. The highest BCUT2D eigenvalue weighted by atomic mass is 32.2. The molecule has 3 nitrogen and oxygen atoms in total. The van der Waals surface area contributed by atoms with E-state index in [1.165, 1.54) is 10.9 Å². The number of hydrogen-bond donors (Lipinski definition) is 1. The molecule has 0 aliphatic carbocycles. The number of para-hydroxylation sites is 1. The molecular weight excluding hydrogens is 244 g/mol. The van der Waals surface area contributed by atoms with Gasteiger partial charge in [-0.15, -0.1) is 0 Å². The van der Waals surface area contributed by atoms with E-state index >= 15 is 0 Å². The molecule has 0 spiro atoms. The highest BCUT2D eigenvalue weighted by molar-refractivity contribution is 7.99. The van der Waals surface area contributed by atoms with Gasteiger partial charge in [-0.25, -0.2) is 0 Å². The van der Waals surface area contributed by atoms with Gasteiger partial charge < -0.3 is 5.11 Å². The van der Waals surface area contributed by atoms with E-state index in [0.717, 1.165) is 30.2 Å². The second-order valence-corrected chi connectivity index (χ2v) is 5.92. The third-order valence-corrected chi connectivity index (χ3v) is 4.90. The van der Waals surface area contributed by atoms with Gasteiger partial charge in [0.2, 0.25) is 0 Å². The van der Waals surface area contributed by atoms with Crippen LogP contribution in [-0.2, 0) is 13.0 Å².